The van der Waals surface area contributed by atoms with Gasteiger partial charge in [-0.15, -0.1) is 0 Å². The predicted molar refractivity (Wildman–Crippen MR) is 67.3 cm³/mol. The highest BCUT2D eigenvalue weighted by Gasteiger charge is 2.25. The van der Waals surface area contributed by atoms with Crippen LogP contribution in [0.15, 0.2) is 12.4 Å². The van der Waals surface area contributed by atoms with Crippen molar-refractivity contribution in [3.63, 3.8) is 0 Å². The number of hydrogen-bond acceptors (Lipinski definition) is 5. The Kier molecular flexibility index (Phi) is 4.60. The van der Waals surface area contributed by atoms with Crippen LogP contribution < -0.4 is 10.6 Å². The van der Waals surface area contributed by atoms with Crippen molar-refractivity contribution < 1.29 is 13.5 Å². The molecule has 5 nitrogen and oxygen atoms in total. The number of anilines is 1. The Bertz CT molecular complexity index is 401. The molecule has 0 aromatic carbocycles. The molecule has 19 heavy (non-hydrogen) atoms. The zero-order chi connectivity index (χ0) is 13.8. The first kappa shape index (κ1) is 14.1. The average Bonchev–Trinajstić information content (AvgIpc) is 2.38. The van der Waals surface area contributed by atoms with Gasteiger partial charge in [-0.2, -0.15) is 0 Å². The molecule has 1 saturated heterocycles. The molecule has 1 aliphatic rings. The molecule has 0 bridgehead atoms. The average molecular weight is 272 g/mol. The van der Waals surface area contributed by atoms with Crippen LogP contribution in [0, 0.1) is 0 Å². The second kappa shape index (κ2) is 6.21. The van der Waals surface area contributed by atoms with Gasteiger partial charge < -0.3 is 15.4 Å². The lowest BCUT2D eigenvalue weighted by molar-refractivity contribution is -0.0407. The molecule has 1 aromatic heterocycles. The van der Waals surface area contributed by atoms with Gasteiger partial charge in [-0.05, 0) is 13.8 Å². The van der Waals surface area contributed by atoms with Crippen molar-refractivity contribution in [1.29, 1.82) is 0 Å². The van der Waals surface area contributed by atoms with Crippen LogP contribution in [0.2, 0.25) is 0 Å². The van der Waals surface area contributed by atoms with Gasteiger partial charge in [-0.25, -0.2) is 18.7 Å². The number of nitrogens with one attached hydrogen (secondary N) is 2. The Morgan fingerprint density at radius 3 is 2.68 bits per heavy atom. The minimum Gasteiger partial charge on any atom is -0.373 e. The molecule has 2 N–H and O–H groups in total. The molecule has 0 unspecified atom stereocenters. The highest BCUT2D eigenvalue weighted by Crippen LogP contribution is 2.17. The summed E-state index contributed by atoms with van der Waals surface area (Å²) in [6, 6.07) is 0.148. The highest BCUT2D eigenvalue weighted by atomic mass is 19.3. The van der Waals surface area contributed by atoms with Crippen LogP contribution in [-0.4, -0.2) is 41.3 Å². The third-order valence-corrected chi connectivity index (χ3v) is 3.08. The molecule has 1 aliphatic heterocycles. The van der Waals surface area contributed by atoms with Crippen LogP contribution in [0.3, 0.4) is 0 Å². The Labute approximate surface area is 110 Å². The fourth-order valence-corrected chi connectivity index (χ4v) is 1.97. The van der Waals surface area contributed by atoms with Crippen LogP contribution in [0.5, 0.6) is 0 Å². The van der Waals surface area contributed by atoms with E-state index in [0.29, 0.717) is 12.5 Å². The van der Waals surface area contributed by atoms with Crippen LogP contribution in [0.25, 0.3) is 0 Å². The monoisotopic (exact) mass is 272 g/mol. The van der Waals surface area contributed by atoms with E-state index in [0.717, 1.165) is 18.9 Å². The van der Waals surface area contributed by atoms with Crippen molar-refractivity contribution in [2.24, 2.45) is 0 Å². The molecule has 1 fully saturated rings. The van der Waals surface area contributed by atoms with Crippen LogP contribution >= 0.6 is 0 Å². The molecule has 0 saturated carbocycles. The minimum atomic E-state index is -2.54. The lowest BCUT2D eigenvalue weighted by Gasteiger charge is -2.34. The van der Waals surface area contributed by atoms with Gasteiger partial charge in [0, 0.05) is 25.5 Å². The van der Waals surface area contributed by atoms with Crippen molar-refractivity contribution in [2.75, 3.05) is 18.4 Å². The summed E-state index contributed by atoms with van der Waals surface area (Å²) in [5.74, 6) is 0.344. The molecule has 0 radical (unpaired) electrons. The van der Waals surface area contributed by atoms with E-state index in [4.69, 9.17) is 4.74 Å². The van der Waals surface area contributed by atoms with E-state index in [1.807, 2.05) is 13.8 Å². The summed E-state index contributed by atoms with van der Waals surface area (Å²) < 4.78 is 30.4. The first-order valence-corrected chi connectivity index (χ1v) is 6.29. The quantitative estimate of drug-likeness (QED) is 0.871. The summed E-state index contributed by atoms with van der Waals surface area (Å²) in [6.07, 6.45) is 0.0143. The van der Waals surface area contributed by atoms with E-state index < -0.39 is 6.43 Å². The van der Waals surface area contributed by atoms with E-state index in [-0.39, 0.29) is 23.8 Å². The van der Waals surface area contributed by atoms with Gasteiger partial charge in [0.05, 0.1) is 23.8 Å². The standard InChI is InChI=1S/C12H18F2N4O/c1-7-3-15-10(8(2)19-7)6-18-12-16-4-9(5-17-12)11(13)14/h4-5,7-8,10-11,15H,3,6H2,1-2H3,(H,16,17,18)/t7-,8+,10-/m1/s1. The topological polar surface area (TPSA) is 59.1 Å². The molecule has 0 aliphatic carbocycles. The summed E-state index contributed by atoms with van der Waals surface area (Å²) in [7, 11) is 0. The Hall–Kier alpha value is -1.34. The molecule has 7 heteroatoms. The summed E-state index contributed by atoms with van der Waals surface area (Å²) in [6.45, 7) is 5.39. The first-order valence-electron chi connectivity index (χ1n) is 6.29. The Morgan fingerprint density at radius 2 is 2.11 bits per heavy atom. The molecule has 3 atom stereocenters. The third kappa shape index (κ3) is 3.81. The smallest absolute Gasteiger partial charge is 0.266 e. The first-order chi connectivity index (χ1) is 9.06. The van der Waals surface area contributed by atoms with E-state index in [1.165, 1.54) is 0 Å². The number of nitrogens with zero attached hydrogens (tertiary/aromatic N) is 2. The normalized spacial score (nSPS) is 27.5. The number of aromatic nitrogens is 2. The fourth-order valence-electron chi connectivity index (χ4n) is 1.97. The van der Waals surface area contributed by atoms with Crippen molar-refractivity contribution in [2.45, 2.75) is 38.5 Å². The summed E-state index contributed by atoms with van der Waals surface area (Å²) in [5, 5.41) is 6.37. The van der Waals surface area contributed by atoms with Crippen molar-refractivity contribution in [1.82, 2.24) is 15.3 Å². The zero-order valence-electron chi connectivity index (χ0n) is 10.9. The summed E-state index contributed by atoms with van der Waals surface area (Å²) >= 11 is 0. The van der Waals surface area contributed by atoms with E-state index >= 15 is 0 Å². The van der Waals surface area contributed by atoms with Crippen LogP contribution in [0.4, 0.5) is 14.7 Å². The zero-order valence-corrected chi connectivity index (χ0v) is 10.9. The van der Waals surface area contributed by atoms with E-state index in [1.54, 1.807) is 0 Å². The molecule has 0 spiro atoms. The van der Waals surface area contributed by atoms with Gasteiger partial charge in [-0.3, -0.25) is 0 Å². The molecule has 106 valence electrons. The lowest BCUT2D eigenvalue weighted by atomic mass is 10.1. The number of hydrogen-bond donors (Lipinski definition) is 2. The van der Waals surface area contributed by atoms with Crippen molar-refractivity contribution >= 4 is 5.95 Å². The van der Waals surface area contributed by atoms with E-state index in [2.05, 4.69) is 20.6 Å². The molecule has 2 rings (SSSR count). The minimum absolute atomic E-state index is 0.0802. The maximum Gasteiger partial charge on any atom is 0.266 e. The number of morpholine rings is 1. The van der Waals surface area contributed by atoms with Gasteiger partial charge in [-0.1, -0.05) is 0 Å². The van der Waals surface area contributed by atoms with Gasteiger partial charge in [0.2, 0.25) is 5.95 Å². The summed E-state index contributed by atoms with van der Waals surface area (Å²) in [5.41, 5.74) is -0.174. The predicted octanol–water partition coefficient (Wildman–Crippen LogP) is 1.59. The second-order valence-electron chi connectivity index (χ2n) is 4.69. The summed E-state index contributed by atoms with van der Waals surface area (Å²) in [4.78, 5) is 7.71. The maximum absolute atomic E-state index is 12.3. The molecule has 0 amide bonds. The highest BCUT2D eigenvalue weighted by molar-refractivity contribution is 5.25. The number of rotatable bonds is 4. The number of alkyl halides is 2. The van der Waals surface area contributed by atoms with Crippen LogP contribution in [0.1, 0.15) is 25.8 Å². The number of halogens is 2. The second-order valence-corrected chi connectivity index (χ2v) is 4.69. The Morgan fingerprint density at radius 1 is 1.42 bits per heavy atom. The van der Waals surface area contributed by atoms with Gasteiger partial charge >= 0.3 is 0 Å². The van der Waals surface area contributed by atoms with Gasteiger partial charge in [0.25, 0.3) is 6.43 Å². The largest absolute Gasteiger partial charge is 0.373 e. The third-order valence-electron chi connectivity index (χ3n) is 3.08. The molecule has 2 heterocycles. The molecular weight excluding hydrogens is 254 g/mol. The lowest BCUT2D eigenvalue weighted by Crippen LogP contribution is -2.53. The van der Waals surface area contributed by atoms with Gasteiger partial charge in [0.1, 0.15) is 0 Å². The Balaban J connectivity index is 1.85. The molecule has 1 aromatic rings. The van der Waals surface area contributed by atoms with Crippen LogP contribution in [-0.2, 0) is 4.74 Å². The van der Waals surface area contributed by atoms with Gasteiger partial charge in [0.15, 0.2) is 0 Å². The van der Waals surface area contributed by atoms with E-state index in [9.17, 15) is 8.78 Å². The van der Waals surface area contributed by atoms with Crippen molar-refractivity contribution in [3.05, 3.63) is 18.0 Å². The van der Waals surface area contributed by atoms with Crippen molar-refractivity contribution in [3.8, 4) is 0 Å². The fraction of sp³-hybridized carbons (Fsp3) is 0.667. The molecular formula is C12H18F2N4O. The number of ether oxygens (including phenoxy) is 1. The SMILES string of the molecule is C[C@@H]1CN[C@H](CNc2ncc(C(F)F)cn2)[C@H](C)O1. The maximum atomic E-state index is 12.3.